The van der Waals surface area contributed by atoms with Crippen molar-refractivity contribution in [1.29, 1.82) is 0 Å². The Kier molecular flexibility index (Phi) is 9.99. The Balaban J connectivity index is 1.94. The zero-order valence-electron chi connectivity index (χ0n) is 21.6. The number of carbonyl (C=O) groups excluding carboxylic acids is 1. The molecule has 1 heterocycles. The number of amides is 1. The van der Waals surface area contributed by atoms with Gasteiger partial charge in [-0.05, 0) is 55.6 Å². The topological polar surface area (TPSA) is 83.1 Å². The van der Waals surface area contributed by atoms with Gasteiger partial charge in [-0.3, -0.25) is 9.69 Å². The van der Waals surface area contributed by atoms with E-state index in [1.165, 1.54) is 39.9 Å². The molecule has 8 nitrogen and oxygen atoms in total. The maximum atomic E-state index is 13.7. The van der Waals surface area contributed by atoms with E-state index in [9.17, 15) is 13.2 Å². The minimum atomic E-state index is -3.76. The number of aromatic nitrogens is 1. The van der Waals surface area contributed by atoms with Crippen LogP contribution in [0.1, 0.15) is 24.2 Å². The van der Waals surface area contributed by atoms with Gasteiger partial charge in [-0.15, -0.1) is 13.2 Å². The van der Waals surface area contributed by atoms with Crippen LogP contribution in [0.5, 0.6) is 5.75 Å². The Morgan fingerprint density at radius 2 is 1.68 bits per heavy atom. The molecule has 10 heteroatoms. The quantitative estimate of drug-likeness (QED) is 0.276. The Morgan fingerprint density at radius 1 is 1.03 bits per heavy atom. The van der Waals surface area contributed by atoms with E-state index >= 15 is 0 Å². The van der Waals surface area contributed by atoms with Gasteiger partial charge >= 0.3 is 0 Å². The molecule has 0 saturated carbocycles. The fourth-order valence-electron chi connectivity index (χ4n) is 3.83. The molecule has 0 bridgehead atoms. The second kappa shape index (κ2) is 13.0. The van der Waals surface area contributed by atoms with E-state index in [0.717, 1.165) is 29.1 Å². The molecule has 2 aromatic carbocycles. The molecule has 0 aliphatic rings. The highest BCUT2D eigenvalue weighted by Gasteiger charge is 2.25. The van der Waals surface area contributed by atoms with Gasteiger partial charge in [-0.2, -0.15) is 4.31 Å². The first kappa shape index (κ1) is 28.5. The Labute approximate surface area is 223 Å². The van der Waals surface area contributed by atoms with Crippen molar-refractivity contribution < 1.29 is 17.9 Å². The largest absolute Gasteiger partial charge is 0.497 e. The van der Waals surface area contributed by atoms with E-state index < -0.39 is 10.0 Å². The summed E-state index contributed by atoms with van der Waals surface area (Å²) in [5.74, 6) is 0.485. The average molecular weight is 543 g/mol. The first-order chi connectivity index (χ1) is 17.8. The molecule has 0 spiro atoms. The summed E-state index contributed by atoms with van der Waals surface area (Å²) in [6, 6.07) is 11.7. The van der Waals surface area contributed by atoms with Gasteiger partial charge in [-0.25, -0.2) is 13.4 Å². The molecular formula is C27H34N4O4S2. The van der Waals surface area contributed by atoms with Crippen molar-refractivity contribution in [1.82, 2.24) is 14.2 Å². The van der Waals surface area contributed by atoms with Gasteiger partial charge in [0.05, 0.1) is 22.2 Å². The van der Waals surface area contributed by atoms with E-state index in [2.05, 4.69) is 31.9 Å². The highest BCUT2D eigenvalue weighted by atomic mass is 32.2. The van der Waals surface area contributed by atoms with Gasteiger partial charge in [0, 0.05) is 31.7 Å². The standard InChI is InChI=1S/C27H34N4O4S2/c1-6-16-30(17-7-2)37(33,34)23-13-10-21(11-14-23)26(32)31(19-18-29(8-3)9-4)27-28-24-15-12-22(35-5)20-25(24)36-27/h6-7,10-15,20H,1-2,8-9,16-19H2,3-5H3. The van der Waals surface area contributed by atoms with Gasteiger partial charge in [-0.1, -0.05) is 37.3 Å². The molecule has 0 atom stereocenters. The average Bonchev–Trinajstić information content (AvgIpc) is 3.33. The Hall–Kier alpha value is -3.05. The molecule has 1 aromatic heterocycles. The molecule has 198 valence electrons. The van der Waals surface area contributed by atoms with Crippen molar-refractivity contribution in [2.24, 2.45) is 0 Å². The molecule has 3 rings (SSSR count). The molecule has 37 heavy (non-hydrogen) atoms. The zero-order chi connectivity index (χ0) is 27.0. The number of sulfonamides is 1. The number of benzene rings is 2. The lowest BCUT2D eigenvalue weighted by molar-refractivity contribution is 0.0983. The summed E-state index contributed by atoms with van der Waals surface area (Å²) in [6.45, 7) is 14.6. The first-order valence-corrected chi connectivity index (χ1v) is 14.3. The predicted molar refractivity (Wildman–Crippen MR) is 151 cm³/mol. The highest BCUT2D eigenvalue weighted by molar-refractivity contribution is 7.89. The minimum absolute atomic E-state index is 0.106. The van der Waals surface area contributed by atoms with Crippen LogP contribution in [0.2, 0.25) is 0 Å². The van der Waals surface area contributed by atoms with Crippen LogP contribution < -0.4 is 9.64 Å². The van der Waals surface area contributed by atoms with Crippen LogP contribution in [0.3, 0.4) is 0 Å². The van der Waals surface area contributed by atoms with Crippen LogP contribution in [0, 0.1) is 0 Å². The van der Waals surface area contributed by atoms with Gasteiger partial charge < -0.3 is 9.64 Å². The van der Waals surface area contributed by atoms with Crippen LogP contribution in [-0.2, 0) is 10.0 Å². The van der Waals surface area contributed by atoms with Crippen LogP contribution in [0.25, 0.3) is 10.2 Å². The van der Waals surface area contributed by atoms with Crippen LogP contribution in [0.15, 0.2) is 72.7 Å². The molecule has 1 amide bonds. The van der Waals surface area contributed by atoms with E-state index in [0.29, 0.717) is 23.8 Å². The molecule has 0 aliphatic heterocycles. The number of thiazole rings is 1. The van der Waals surface area contributed by atoms with E-state index in [1.807, 2.05) is 18.2 Å². The number of carbonyl (C=O) groups is 1. The number of nitrogens with zero attached hydrogens (tertiary/aromatic N) is 4. The second-order valence-corrected chi connectivity index (χ2v) is 11.2. The van der Waals surface area contributed by atoms with Gasteiger partial charge in [0.2, 0.25) is 10.0 Å². The molecular weight excluding hydrogens is 508 g/mol. The van der Waals surface area contributed by atoms with Gasteiger partial charge in [0.15, 0.2) is 5.13 Å². The molecule has 0 N–H and O–H groups in total. The lowest BCUT2D eigenvalue weighted by Crippen LogP contribution is -2.39. The number of anilines is 1. The Morgan fingerprint density at radius 3 is 2.24 bits per heavy atom. The number of hydrogen-bond acceptors (Lipinski definition) is 7. The van der Waals surface area contributed by atoms with Gasteiger partial charge in [0.1, 0.15) is 5.75 Å². The fourth-order valence-corrected chi connectivity index (χ4v) is 6.23. The SMILES string of the molecule is C=CCN(CC=C)S(=O)(=O)c1ccc(C(=O)N(CCN(CC)CC)c2nc3ccc(OC)cc3s2)cc1. The fraction of sp³-hybridized carbons (Fsp3) is 0.333. The molecule has 0 aliphatic carbocycles. The van der Waals surface area contributed by atoms with Crippen molar-refractivity contribution >= 4 is 42.6 Å². The molecule has 0 radical (unpaired) electrons. The number of fused-ring (bicyclic) bond motifs is 1. The minimum Gasteiger partial charge on any atom is -0.497 e. The van der Waals surface area contributed by atoms with Crippen LogP contribution in [-0.4, -0.2) is 74.9 Å². The molecule has 0 saturated heterocycles. The van der Waals surface area contributed by atoms with Crippen LogP contribution in [0.4, 0.5) is 5.13 Å². The van der Waals surface area contributed by atoms with E-state index in [-0.39, 0.29) is 23.9 Å². The monoisotopic (exact) mass is 542 g/mol. The van der Waals surface area contributed by atoms with Gasteiger partial charge in [0.25, 0.3) is 5.91 Å². The third-order valence-corrected chi connectivity index (χ3v) is 8.89. The predicted octanol–water partition coefficient (Wildman–Crippen LogP) is 4.66. The summed E-state index contributed by atoms with van der Waals surface area (Å²) >= 11 is 1.42. The number of rotatable bonds is 14. The summed E-state index contributed by atoms with van der Waals surface area (Å²) in [4.78, 5) is 22.4. The third-order valence-electron chi connectivity index (χ3n) is 6.00. The summed E-state index contributed by atoms with van der Waals surface area (Å²) in [7, 11) is -2.14. The lowest BCUT2D eigenvalue weighted by atomic mass is 10.2. The maximum absolute atomic E-state index is 13.7. The van der Waals surface area contributed by atoms with E-state index in [4.69, 9.17) is 9.72 Å². The third kappa shape index (κ3) is 6.64. The zero-order valence-corrected chi connectivity index (χ0v) is 23.2. The summed E-state index contributed by atoms with van der Waals surface area (Å²) in [5, 5.41) is 0.584. The first-order valence-electron chi connectivity index (χ1n) is 12.1. The van der Waals surface area contributed by atoms with Crippen LogP contribution >= 0.6 is 11.3 Å². The Bertz CT molecular complexity index is 1320. The summed E-state index contributed by atoms with van der Waals surface area (Å²) in [5.41, 5.74) is 1.17. The summed E-state index contributed by atoms with van der Waals surface area (Å²) < 4.78 is 33.6. The molecule has 0 unspecified atom stereocenters. The number of likely N-dealkylation sites (N-methyl/N-ethyl adjacent to an activating group) is 1. The lowest BCUT2D eigenvalue weighted by Gasteiger charge is -2.25. The molecule has 0 fully saturated rings. The van der Waals surface area contributed by atoms with E-state index in [1.54, 1.807) is 24.1 Å². The van der Waals surface area contributed by atoms with Crippen molar-refractivity contribution in [3.8, 4) is 5.75 Å². The van der Waals surface area contributed by atoms with Crippen molar-refractivity contribution in [2.45, 2.75) is 18.7 Å². The van der Waals surface area contributed by atoms with Crippen molar-refractivity contribution in [3.05, 3.63) is 73.3 Å². The summed E-state index contributed by atoms with van der Waals surface area (Å²) in [6.07, 6.45) is 3.06. The van der Waals surface area contributed by atoms with Crippen molar-refractivity contribution in [3.63, 3.8) is 0 Å². The highest BCUT2D eigenvalue weighted by Crippen LogP contribution is 2.32. The number of ether oxygens (including phenoxy) is 1. The second-order valence-electron chi connectivity index (χ2n) is 8.24. The molecule has 3 aromatic rings. The number of hydrogen-bond donors (Lipinski definition) is 0. The number of methoxy groups -OCH3 is 1. The maximum Gasteiger partial charge on any atom is 0.260 e. The van der Waals surface area contributed by atoms with Crippen molar-refractivity contribution in [2.75, 3.05) is 51.3 Å². The normalized spacial score (nSPS) is 11.7. The smallest absolute Gasteiger partial charge is 0.260 e.